The fourth-order valence-corrected chi connectivity index (χ4v) is 7.26. The molecule has 1 aliphatic carbocycles. The maximum absolute atomic E-state index is 12.9. The molecule has 0 aromatic heterocycles. The fraction of sp³-hybridized carbons (Fsp3) is 0.391. The maximum atomic E-state index is 12.9. The topological polar surface area (TPSA) is 49.4 Å². The quantitative estimate of drug-likeness (QED) is 0.776. The molecule has 0 radical (unpaired) electrons. The van der Waals surface area contributed by atoms with Crippen molar-refractivity contribution in [2.24, 2.45) is 5.92 Å². The molecule has 1 atom stereocenters. The van der Waals surface area contributed by atoms with Crippen molar-refractivity contribution < 1.29 is 9.59 Å². The van der Waals surface area contributed by atoms with Crippen LogP contribution in [0.2, 0.25) is 0 Å². The Hall–Kier alpha value is -1.92. The number of hydrogen-bond donors (Lipinski definition) is 1. The zero-order chi connectivity index (χ0) is 19.8. The van der Waals surface area contributed by atoms with Gasteiger partial charge < -0.3 is 10.2 Å². The predicted octanol–water partition coefficient (Wildman–Crippen LogP) is 4.65. The number of nitrogens with one attached hydrogen (secondary N) is 1. The van der Waals surface area contributed by atoms with E-state index in [0.717, 1.165) is 24.2 Å². The molecule has 29 heavy (non-hydrogen) atoms. The van der Waals surface area contributed by atoms with Gasteiger partial charge in [-0.25, -0.2) is 0 Å². The number of benzene rings is 2. The van der Waals surface area contributed by atoms with Crippen molar-refractivity contribution in [3.8, 4) is 0 Å². The summed E-state index contributed by atoms with van der Waals surface area (Å²) in [6, 6.07) is 14.4. The summed E-state index contributed by atoms with van der Waals surface area (Å²) in [6.07, 6.45) is 3.68. The van der Waals surface area contributed by atoms with E-state index >= 15 is 0 Å². The van der Waals surface area contributed by atoms with Crippen molar-refractivity contribution in [1.82, 2.24) is 0 Å². The Labute approximate surface area is 179 Å². The summed E-state index contributed by atoms with van der Waals surface area (Å²) in [6.45, 7) is 0.456. The van der Waals surface area contributed by atoms with Crippen LogP contribution in [0.4, 0.5) is 11.4 Å². The van der Waals surface area contributed by atoms with Crippen LogP contribution in [0.15, 0.2) is 42.5 Å². The molecule has 150 valence electrons. The third-order valence-electron chi connectivity index (χ3n) is 5.94. The summed E-state index contributed by atoms with van der Waals surface area (Å²) in [5.41, 5.74) is 5.75. The van der Waals surface area contributed by atoms with Gasteiger partial charge in [0.15, 0.2) is 0 Å². The van der Waals surface area contributed by atoms with E-state index in [1.54, 1.807) is 4.90 Å². The highest BCUT2D eigenvalue weighted by Gasteiger charge is 2.35. The number of hydrogen-bond acceptors (Lipinski definition) is 4. The molecule has 5 rings (SSSR count). The Morgan fingerprint density at radius 2 is 1.86 bits per heavy atom. The Morgan fingerprint density at radius 1 is 1.03 bits per heavy atom. The van der Waals surface area contributed by atoms with Crippen molar-refractivity contribution in [2.45, 2.75) is 30.3 Å². The van der Waals surface area contributed by atoms with Crippen LogP contribution in [0, 0.1) is 5.92 Å². The minimum atomic E-state index is -0.311. The minimum absolute atomic E-state index is 0.0376. The van der Waals surface area contributed by atoms with E-state index in [4.69, 9.17) is 0 Å². The molecular formula is C23H24N2O2S2. The molecule has 2 amide bonds. The average molecular weight is 425 g/mol. The van der Waals surface area contributed by atoms with Crippen LogP contribution in [-0.4, -0.2) is 29.9 Å². The van der Waals surface area contributed by atoms with E-state index in [1.807, 2.05) is 41.7 Å². The molecule has 2 fully saturated rings. The Bertz CT molecular complexity index is 956. The van der Waals surface area contributed by atoms with Crippen molar-refractivity contribution in [2.75, 3.05) is 28.3 Å². The Balaban J connectivity index is 1.26. The van der Waals surface area contributed by atoms with Gasteiger partial charge in [-0.2, -0.15) is 0 Å². The summed E-state index contributed by atoms with van der Waals surface area (Å²) in [4.78, 5) is 27.3. The first kappa shape index (κ1) is 19.1. The fourth-order valence-electron chi connectivity index (χ4n) is 4.42. The second kappa shape index (κ2) is 8.07. The van der Waals surface area contributed by atoms with Gasteiger partial charge in [-0.3, -0.25) is 9.59 Å². The molecule has 1 unspecified atom stereocenters. The highest BCUT2D eigenvalue weighted by atomic mass is 32.2. The summed E-state index contributed by atoms with van der Waals surface area (Å²) in [5, 5.41) is 3.05. The van der Waals surface area contributed by atoms with E-state index in [2.05, 4.69) is 29.6 Å². The molecular weight excluding hydrogens is 400 g/mol. The molecule has 1 N–H and O–H groups in total. The second-order valence-corrected chi connectivity index (χ2v) is 10.6. The first-order valence-corrected chi connectivity index (χ1v) is 12.3. The number of aryl methyl sites for hydroxylation is 2. The molecule has 2 heterocycles. The summed E-state index contributed by atoms with van der Waals surface area (Å²) >= 11 is 3.91. The van der Waals surface area contributed by atoms with Crippen LogP contribution in [0.5, 0.6) is 0 Å². The van der Waals surface area contributed by atoms with Crippen LogP contribution in [-0.2, 0) is 22.4 Å². The summed E-state index contributed by atoms with van der Waals surface area (Å²) in [5.74, 6) is 2.01. The standard InChI is InChI=1S/C23H24N2O2S2/c26-21-13-18(14-25(21)20-8-7-15-3-1-4-16(15)12-20)22(27)24-19-6-2-5-17(11-19)23-28-9-10-29-23/h2,5-8,11-12,18,23H,1,3-4,9-10,13-14H2,(H,24,27). The lowest BCUT2D eigenvalue weighted by Gasteiger charge is -2.18. The molecule has 3 aliphatic rings. The lowest BCUT2D eigenvalue weighted by molar-refractivity contribution is -0.122. The number of nitrogens with zero attached hydrogens (tertiary/aromatic N) is 1. The summed E-state index contributed by atoms with van der Waals surface area (Å²) in [7, 11) is 0. The van der Waals surface area contributed by atoms with E-state index in [0.29, 0.717) is 11.1 Å². The molecule has 2 aromatic rings. The van der Waals surface area contributed by atoms with Gasteiger partial charge in [0.1, 0.15) is 0 Å². The molecule has 0 saturated carbocycles. The largest absolute Gasteiger partial charge is 0.326 e. The summed E-state index contributed by atoms with van der Waals surface area (Å²) < 4.78 is 0.454. The average Bonchev–Trinajstić information content (AvgIpc) is 3.48. The zero-order valence-electron chi connectivity index (χ0n) is 16.2. The van der Waals surface area contributed by atoms with E-state index in [1.165, 1.54) is 34.6 Å². The number of carbonyl (C=O) groups is 2. The lowest BCUT2D eigenvalue weighted by Crippen LogP contribution is -2.28. The van der Waals surface area contributed by atoms with Gasteiger partial charge in [0.2, 0.25) is 11.8 Å². The molecule has 2 aliphatic heterocycles. The van der Waals surface area contributed by atoms with Gasteiger partial charge in [-0.1, -0.05) is 18.2 Å². The van der Waals surface area contributed by atoms with E-state index in [9.17, 15) is 9.59 Å². The number of fused-ring (bicyclic) bond motifs is 1. The van der Waals surface area contributed by atoms with Crippen LogP contribution in [0.25, 0.3) is 0 Å². The normalized spacial score (nSPS) is 21.6. The molecule has 0 spiro atoms. The Morgan fingerprint density at radius 3 is 2.72 bits per heavy atom. The van der Waals surface area contributed by atoms with Crippen molar-refractivity contribution in [3.05, 3.63) is 59.2 Å². The van der Waals surface area contributed by atoms with Gasteiger partial charge >= 0.3 is 0 Å². The van der Waals surface area contributed by atoms with Gasteiger partial charge in [0, 0.05) is 35.8 Å². The lowest BCUT2D eigenvalue weighted by atomic mass is 10.1. The second-order valence-electron chi connectivity index (χ2n) is 7.90. The van der Waals surface area contributed by atoms with Crippen molar-refractivity contribution in [3.63, 3.8) is 0 Å². The van der Waals surface area contributed by atoms with Crippen LogP contribution < -0.4 is 10.2 Å². The highest BCUT2D eigenvalue weighted by molar-refractivity contribution is 8.19. The maximum Gasteiger partial charge on any atom is 0.229 e. The highest BCUT2D eigenvalue weighted by Crippen LogP contribution is 2.45. The number of thioether (sulfide) groups is 2. The van der Waals surface area contributed by atoms with E-state index < -0.39 is 0 Å². The molecule has 2 aromatic carbocycles. The monoisotopic (exact) mass is 424 g/mol. The van der Waals surface area contributed by atoms with Gasteiger partial charge in [-0.15, -0.1) is 23.5 Å². The minimum Gasteiger partial charge on any atom is -0.326 e. The first-order valence-electron chi connectivity index (χ1n) is 10.2. The smallest absolute Gasteiger partial charge is 0.229 e. The Kier molecular flexibility index (Phi) is 5.31. The van der Waals surface area contributed by atoms with Crippen molar-refractivity contribution in [1.29, 1.82) is 0 Å². The van der Waals surface area contributed by atoms with Gasteiger partial charge in [0.25, 0.3) is 0 Å². The molecule has 4 nitrogen and oxygen atoms in total. The van der Waals surface area contributed by atoms with Crippen LogP contribution >= 0.6 is 23.5 Å². The first-order chi connectivity index (χ1) is 14.2. The van der Waals surface area contributed by atoms with Gasteiger partial charge in [-0.05, 0) is 60.2 Å². The number of anilines is 2. The van der Waals surface area contributed by atoms with Gasteiger partial charge in [0.05, 0.1) is 10.5 Å². The number of rotatable bonds is 4. The third-order valence-corrected chi connectivity index (χ3v) is 9.04. The number of amides is 2. The van der Waals surface area contributed by atoms with E-state index in [-0.39, 0.29) is 24.2 Å². The zero-order valence-corrected chi connectivity index (χ0v) is 17.9. The molecule has 0 bridgehead atoms. The predicted molar refractivity (Wildman–Crippen MR) is 122 cm³/mol. The van der Waals surface area contributed by atoms with Crippen LogP contribution in [0.1, 0.15) is 34.1 Å². The molecule has 6 heteroatoms. The third kappa shape index (κ3) is 3.92. The number of carbonyl (C=O) groups excluding carboxylic acids is 2. The van der Waals surface area contributed by atoms with Crippen LogP contribution in [0.3, 0.4) is 0 Å². The van der Waals surface area contributed by atoms with Crippen molar-refractivity contribution >= 4 is 46.7 Å². The molecule has 2 saturated heterocycles. The SMILES string of the molecule is O=C(Nc1cccc(C2SCCS2)c1)C1CC(=O)N(c2ccc3c(c2)CCC3)C1.